The monoisotopic (exact) mass is 577 g/mol. The van der Waals surface area contributed by atoms with E-state index in [9.17, 15) is 9.59 Å². The summed E-state index contributed by atoms with van der Waals surface area (Å²) in [6.07, 6.45) is -0.462. The Bertz CT molecular complexity index is 791. The summed E-state index contributed by atoms with van der Waals surface area (Å²) >= 11 is 0. The number of benzene rings is 1. The fourth-order valence-electron chi connectivity index (χ4n) is 2.45. The summed E-state index contributed by atoms with van der Waals surface area (Å²) < 4.78 is 10.9. The van der Waals surface area contributed by atoms with Crippen LogP contribution in [0.3, 0.4) is 0 Å². The Morgan fingerprint density at radius 3 is 2.33 bits per heavy atom. The van der Waals surface area contributed by atoms with Gasteiger partial charge in [-0.1, -0.05) is 12.1 Å². The molecule has 0 aliphatic rings. The minimum Gasteiger partial charge on any atom is -0.484 e. The number of rotatable bonds is 9. The maximum Gasteiger partial charge on any atom is 0.408 e. The van der Waals surface area contributed by atoms with Gasteiger partial charge in [-0.15, -0.1) is 24.0 Å². The Kier molecular flexibility index (Phi) is 13.2. The highest BCUT2D eigenvalue weighted by Crippen LogP contribution is 2.14. The molecule has 0 unspecified atom stereocenters. The van der Waals surface area contributed by atoms with E-state index in [-0.39, 0.29) is 36.5 Å². The number of carbonyl (C=O) groups excluding carboxylic acids is 2. The number of ether oxygens (including phenoxy) is 2. The van der Waals surface area contributed by atoms with E-state index in [4.69, 9.17) is 9.47 Å². The van der Waals surface area contributed by atoms with Crippen LogP contribution in [-0.2, 0) is 16.1 Å². The molecule has 10 heteroatoms. The lowest BCUT2D eigenvalue weighted by atomic mass is 10.1. The molecule has 188 valence electrons. The van der Waals surface area contributed by atoms with Gasteiger partial charge in [0.15, 0.2) is 12.6 Å². The fourth-order valence-corrected chi connectivity index (χ4v) is 2.45. The molecule has 0 fully saturated rings. The first-order chi connectivity index (χ1) is 14.8. The highest BCUT2D eigenvalue weighted by atomic mass is 127. The fraction of sp³-hybridized carbons (Fsp3) is 0.609. The summed E-state index contributed by atoms with van der Waals surface area (Å²) in [4.78, 5) is 29.9. The zero-order valence-electron chi connectivity index (χ0n) is 21.1. The van der Waals surface area contributed by atoms with Crippen molar-refractivity contribution >= 4 is 41.9 Å². The van der Waals surface area contributed by atoms with Crippen LogP contribution in [0.1, 0.15) is 47.1 Å². The van der Waals surface area contributed by atoms with Crippen molar-refractivity contribution in [2.24, 2.45) is 4.99 Å². The van der Waals surface area contributed by atoms with Gasteiger partial charge in [0.25, 0.3) is 5.91 Å². The SMILES string of the molecule is CCNC(=NCc1cccc(OCC(=O)N(C)C)c1)NCC(C)(C)NC(=O)OC(C)(C)C.I. The second kappa shape index (κ2) is 14.1. The molecule has 9 nitrogen and oxygen atoms in total. The van der Waals surface area contributed by atoms with Crippen LogP contribution >= 0.6 is 24.0 Å². The third kappa shape index (κ3) is 13.8. The lowest BCUT2D eigenvalue weighted by Crippen LogP contribution is -2.54. The number of guanidine groups is 1. The van der Waals surface area contributed by atoms with Crippen molar-refractivity contribution in [1.29, 1.82) is 0 Å². The highest BCUT2D eigenvalue weighted by molar-refractivity contribution is 14.0. The molecule has 0 aliphatic carbocycles. The van der Waals surface area contributed by atoms with Crippen molar-refractivity contribution in [2.45, 2.75) is 59.2 Å². The van der Waals surface area contributed by atoms with Crippen molar-refractivity contribution in [3.63, 3.8) is 0 Å². The number of hydrogen-bond donors (Lipinski definition) is 3. The van der Waals surface area contributed by atoms with Gasteiger partial charge in [-0.25, -0.2) is 9.79 Å². The molecular formula is C23H40IN5O4. The number of nitrogens with zero attached hydrogens (tertiary/aromatic N) is 2. The Balaban J connectivity index is 0.0000102. The van der Waals surface area contributed by atoms with E-state index >= 15 is 0 Å². The molecule has 3 N–H and O–H groups in total. The molecule has 0 saturated heterocycles. The number of carbonyl (C=O) groups is 2. The van der Waals surface area contributed by atoms with Crippen molar-refractivity contribution in [2.75, 3.05) is 33.8 Å². The second-order valence-corrected chi connectivity index (χ2v) is 9.28. The minimum atomic E-state index is -0.554. The number of alkyl carbamates (subject to hydrolysis) is 1. The largest absolute Gasteiger partial charge is 0.484 e. The molecule has 1 aromatic carbocycles. The van der Waals surface area contributed by atoms with Crippen LogP contribution in [-0.4, -0.2) is 67.8 Å². The van der Waals surface area contributed by atoms with Gasteiger partial charge in [0.2, 0.25) is 0 Å². The number of halogens is 1. The highest BCUT2D eigenvalue weighted by Gasteiger charge is 2.24. The van der Waals surface area contributed by atoms with E-state index < -0.39 is 17.2 Å². The zero-order valence-corrected chi connectivity index (χ0v) is 23.4. The van der Waals surface area contributed by atoms with E-state index in [0.717, 1.165) is 5.56 Å². The summed E-state index contributed by atoms with van der Waals surface area (Å²) in [6.45, 7) is 12.8. The average molecular weight is 578 g/mol. The topological polar surface area (TPSA) is 104 Å². The predicted molar refractivity (Wildman–Crippen MR) is 142 cm³/mol. The first-order valence-electron chi connectivity index (χ1n) is 10.8. The Labute approximate surface area is 215 Å². The Morgan fingerprint density at radius 2 is 1.76 bits per heavy atom. The number of amides is 2. The minimum absolute atomic E-state index is 0. The molecule has 0 bridgehead atoms. The summed E-state index contributed by atoms with van der Waals surface area (Å²) in [5.74, 6) is 1.14. The molecule has 1 rings (SSSR count). The summed E-state index contributed by atoms with van der Waals surface area (Å²) in [7, 11) is 3.38. The van der Waals surface area contributed by atoms with Crippen LogP contribution in [0.25, 0.3) is 0 Å². The molecular weight excluding hydrogens is 537 g/mol. The van der Waals surface area contributed by atoms with E-state index in [1.165, 1.54) is 4.90 Å². The molecule has 0 aliphatic heterocycles. The van der Waals surface area contributed by atoms with Gasteiger partial charge in [-0.3, -0.25) is 4.79 Å². The number of likely N-dealkylation sites (N-methyl/N-ethyl adjacent to an activating group) is 1. The molecule has 0 spiro atoms. The van der Waals surface area contributed by atoms with Crippen LogP contribution < -0.4 is 20.7 Å². The normalized spacial score (nSPS) is 11.7. The maximum absolute atomic E-state index is 12.1. The van der Waals surface area contributed by atoms with Crippen LogP contribution in [0.5, 0.6) is 5.75 Å². The van der Waals surface area contributed by atoms with Crippen molar-refractivity contribution in [3.05, 3.63) is 29.8 Å². The molecule has 0 atom stereocenters. The Morgan fingerprint density at radius 1 is 1.09 bits per heavy atom. The third-order valence-corrected chi connectivity index (χ3v) is 4.06. The maximum atomic E-state index is 12.1. The average Bonchev–Trinajstić information content (AvgIpc) is 2.66. The van der Waals surface area contributed by atoms with Gasteiger partial charge < -0.3 is 30.3 Å². The standard InChI is InChI=1S/C23H39N5O4.HI/c1-9-24-20(26-16-23(5,6)27-21(30)32-22(2,3)4)25-14-17-11-10-12-18(13-17)31-15-19(29)28(7)8;/h10-13H,9,14-16H2,1-8H3,(H,27,30)(H2,24,25,26);1H. The van der Waals surface area contributed by atoms with E-state index in [0.29, 0.717) is 31.3 Å². The van der Waals surface area contributed by atoms with Gasteiger partial charge >= 0.3 is 6.09 Å². The number of nitrogens with one attached hydrogen (secondary N) is 3. The molecule has 1 aromatic rings. The van der Waals surface area contributed by atoms with Crippen LogP contribution in [0.4, 0.5) is 4.79 Å². The summed E-state index contributed by atoms with van der Waals surface area (Å²) in [6, 6.07) is 7.49. The lowest BCUT2D eigenvalue weighted by molar-refractivity contribution is -0.130. The van der Waals surface area contributed by atoms with Crippen LogP contribution in [0.15, 0.2) is 29.3 Å². The van der Waals surface area contributed by atoms with Gasteiger partial charge in [-0.2, -0.15) is 0 Å². The molecule has 0 radical (unpaired) electrons. The summed E-state index contributed by atoms with van der Waals surface area (Å²) in [5.41, 5.74) is -0.157. The first-order valence-corrected chi connectivity index (χ1v) is 10.8. The van der Waals surface area contributed by atoms with Crippen molar-refractivity contribution < 1.29 is 19.1 Å². The lowest BCUT2D eigenvalue weighted by Gasteiger charge is -2.29. The smallest absolute Gasteiger partial charge is 0.408 e. The van der Waals surface area contributed by atoms with E-state index in [2.05, 4.69) is 20.9 Å². The zero-order chi connectivity index (χ0) is 24.4. The molecule has 0 saturated carbocycles. The first kappa shape index (κ1) is 30.8. The molecule has 0 aromatic heterocycles. The Hall–Kier alpha value is -2.24. The number of aliphatic imine (C=N–C) groups is 1. The summed E-state index contributed by atoms with van der Waals surface area (Å²) in [5, 5.41) is 9.32. The van der Waals surface area contributed by atoms with Crippen LogP contribution in [0.2, 0.25) is 0 Å². The number of hydrogen-bond acceptors (Lipinski definition) is 5. The third-order valence-electron chi connectivity index (χ3n) is 4.06. The van der Waals surface area contributed by atoms with Gasteiger partial charge in [0.1, 0.15) is 11.4 Å². The van der Waals surface area contributed by atoms with E-state index in [1.54, 1.807) is 14.1 Å². The second-order valence-electron chi connectivity index (χ2n) is 9.28. The predicted octanol–water partition coefficient (Wildman–Crippen LogP) is 3.13. The van der Waals surface area contributed by atoms with Gasteiger partial charge in [0, 0.05) is 27.2 Å². The molecule has 0 heterocycles. The van der Waals surface area contributed by atoms with Gasteiger partial charge in [0.05, 0.1) is 12.1 Å². The van der Waals surface area contributed by atoms with Crippen molar-refractivity contribution in [3.8, 4) is 5.75 Å². The molecule has 33 heavy (non-hydrogen) atoms. The van der Waals surface area contributed by atoms with Crippen molar-refractivity contribution in [1.82, 2.24) is 20.9 Å². The van der Waals surface area contributed by atoms with E-state index in [1.807, 2.05) is 65.8 Å². The van der Waals surface area contributed by atoms with Gasteiger partial charge in [-0.05, 0) is 59.2 Å². The molecule has 2 amide bonds. The quantitative estimate of drug-likeness (QED) is 0.237. The van der Waals surface area contributed by atoms with Crippen LogP contribution in [0, 0.1) is 0 Å².